The van der Waals surface area contributed by atoms with Crippen LogP contribution in [0.2, 0.25) is 0 Å². The van der Waals surface area contributed by atoms with Gasteiger partial charge in [-0.15, -0.1) is 0 Å². The second-order valence-corrected chi connectivity index (χ2v) is 6.26. The molecule has 1 fully saturated rings. The molecule has 0 saturated heterocycles. The standard InChI is InChI=1S/C11H12Br2O4/c1-16-10(14)6-4-3-5(9(13)8(4)12)7(6)11(15)17-2/h4-5,8-9H,3H2,1-2H3/t4-,5+,8-,9-/m1/s1. The maximum atomic E-state index is 11.8. The number of methoxy groups -OCH3 is 2. The van der Waals surface area contributed by atoms with E-state index in [0.717, 1.165) is 6.42 Å². The average Bonchev–Trinajstić information content (AvgIpc) is 2.85. The largest absolute Gasteiger partial charge is 0.466 e. The molecule has 2 rings (SSSR count). The molecule has 4 atom stereocenters. The number of esters is 2. The summed E-state index contributed by atoms with van der Waals surface area (Å²) in [6.45, 7) is 0. The molecule has 0 aromatic rings. The number of halogens is 2. The zero-order valence-corrected chi connectivity index (χ0v) is 12.6. The summed E-state index contributed by atoms with van der Waals surface area (Å²) in [5, 5.41) is 0. The first-order valence-corrected chi connectivity index (χ1v) is 7.04. The monoisotopic (exact) mass is 366 g/mol. The molecule has 0 unspecified atom stereocenters. The summed E-state index contributed by atoms with van der Waals surface area (Å²) < 4.78 is 9.51. The highest BCUT2D eigenvalue weighted by Crippen LogP contribution is 2.54. The molecule has 0 aliphatic heterocycles. The van der Waals surface area contributed by atoms with E-state index in [9.17, 15) is 9.59 Å². The SMILES string of the molecule is COC(=O)C1=C(C(=O)OC)[C@@H]2C[C@H]1[C@@H](Br)[C@@H]2Br. The molecule has 1 saturated carbocycles. The van der Waals surface area contributed by atoms with E-state index in [1.54, 1.807) is 0 Å². The lowest BCUT2D eigenvalue weighted by atomic mass is 9.91. The van der Waals surface area contributed by atoms with Gasteiger partial charge in [0, 0.05) is 21.5 Å². The molecule has 0 aromatic carbocycles. The molecule has 0 radical (unpaired) electrons. The van der Waals surface area contributed by atoms with Gasteiger partial charge in [0.2, 0.25) is 0 Å². The first-order chi connectivity index (χ1) is 8.02. The summed E-state index contributed by atoms with van der Waals surface area (Å²) in [6.07, 6.45) is 0.778. The van der Waals surface area contributed by atoms with Gasteiger partial charge in [0.1, 0.15) is 0 Å². The lowest BCUT2D eigenvalue weighted by Crippen LogP contribution is -2.31. The Bertz CT molecular complexity index is 368. The molecule has 2 bridgehead atoms. The number of hydrogen-bond acceptors (Lipinski definition) is 4. The van der Waals surface area contributed by atoms with Gasteiger partial charge in [-0.1, -0.05) is 31.9 Å². The van der Waals surface area contributed by atoms with E-state index >= 15 is 0 Å². The van der Waals surface area contributed by atoms with Crippen LogP contribution in [0, 0.1) is 11.8 Å². The van der Waals surface area contributed by atoms with Crippen molar-refractivity contribution in [3.8, 4) is 0 Å². The van der Waals surface area contributed by atoms with Gasteiger partial charge in [0.25, 0.3) is 0 Å². The fraction of sp³-hybridized carbons (Fsp3) is 0.636. The van der Waals surface area contributed by atoms with E-state index in [0.29, 0.717) is 11.1 Å². The molecule has 2 aliphatic carbocycles. The summed E-state index contributed by atoms with van der Waals surface area (Å²) in [4.78, 5) is 23.8. The van der Waals surface area contributed by atoms with Crippen molar-refractivity contribution in [1.82, 2.24) is 0 Å². The van der Waals surface area contributed by atoms with Crippen molar-refractivity contribution in [2.45, 2.75) is 16.1 Å². The summed E-state index contributed by atoms with van der Waals surface area (Å²) in [5.74, 6) is -0.819. The summed E-state index contributed by atoms with van der Waals surface area (Å²) in [5.41, 5.74) is 0.948. The molecule has 0 amide bonds. The molecule has 6 heteroatoms. The highest BCUT2D eigenvalue weighted by atomic mass is 79.9. The Labute approximate surface area is 116 Å². The minimum atomic E-state index is -0.429. The third kappa shape index (κ3) is 1.85. The molecule has 0 heterocycles. The van der Waals surface area contributed by atoms with Gasteiger partial charge in [0.05, 0.1) is 25.4 Å². The van der Waals surface area contributed by atoms with Crippen LogP contribution in [0.4, 0.5) is 0 Å². The van der Waals surface area contributed by atoms with Crippen LogP contribution in [0.5, 0.6) is 0 Å². The number of ether oxygens (including phenoxy) is 2. The molecule has 0 N–H and O–H groups in total. The molecule has 4 nitrogen and oxygen atoms in total. The van der Waals surface area contributed by atoms with E-state index in [1.165, 1.54) is 14.2 Å². The second-order valence-electron chi connectivity index (χ2n) is 4.15. The lowest BCUT2D eigenvalue weighted by Gasteiger charge is -2.25. The molecular weight excluding hydrogens is 356 g/mol. The van der Waals surface area contributed by atoms with Gasteiger partial charge in [-0.25, -0.2) is 9.59 Å². The fourth-order valence-corrected chi connectivity index (χ4v) is 4.37. The van der Waals surface area contributed by atoms with Gasteiger partial charge in [0.15, 0.2) is 0 Å². The Kier molecular flexibility index (Phi) is 3.63. The third-order valence-electron chi connectivity index (χ3n) is 3.42. The van der Waals surface area contributed by atoms with Crippen molar-refractivity contribution in [1.29, 1.82) is 0 Å². The van der Waals surface area contributed by atoms with Crippen LogP contribution < -0.4 is 0 Å². The van der Waals surface area contributed by atoms with Crippen molar-refractivity contribution < 1.29 is 19.1 Å². The van der Waals surface area contributed by atoms with Crippen LogP contribution >= 0.6 is 31.9 Å². The van der Waals surface area contributed by atoms with E-state index in [1.807, 2.05) is 0 Å². The minimum Gasteiger partial charge on any atom is -0.466 e. The Morgan fingerprint density at radius 2 is 1.35 bits per heavy atom. The van der Waals surface area contributed by atoms with Crippen LogP contribution in [-0.4, -0.2) is 35.8 Å². The second kappa shape index (κ2) is 4.72. The predicted molar refractivity (Wildman–Crippen MR) is 68.1 cm³/mol. The van der Waals surface area contributed by atoms with E-state index in [-0.39, 0.29) is 21.5 Å². The molecular formula is C11H12Br2O4. The van der Waals surface area contributed by atoms with Gasteiger partial charge in [-0.2, -0.15) is 0 Å². The molecule has 0 aromatic heterocycles. The van der Waals surface area contributed by atoms with E-state index < -0.39 is 11.9 Å². The molecule has 17 heavy (non-hydrogen) atoms. The molecule has 0 spiro atoms. The number of fused-ring (bicyclic) bond motifs is 2. The summed E-state index contributed by atoms with van der Waals surface area (Å²) in [6, 6.07) is 0. The maximum absolute atomic E-state index is 11.8. The quantitative estimate of drug-likeness (QED) is 0.551. The third-order valence-corrected chi connectivity index (χ3v) is 6.55. The van der Waals surface area contributed by atoms with Crippen molar-refractivity contribution >= 4 is 43.8 Å². The van der Waals surface area contributed by atoms with E-state index in [2.05, 4.69) is 31.9 Å². The van der Waals surface area contributed by atoms with Crippen molar-refractivity contribution in [3.05, 3.63) is 11.1 Å². The van der Waals surface area contributed by atoms with Crippen LogP contribution in [0.25, 0.3) is 0 Å². The maximum Gasteiger partial charge on any atom is 0.334 e. The zero-order chi connectivity index (χ0) is 12.7. The zero-order valence-electron chi connectivity index (χ0n) is 9.41. The normalized spacial score (nSPS) is 35.1. The number of hydrogen-bond donors (Lipinski definition) is 0. The molecule has 94 valence electrons. The number of carbonyl (C=O) groups is 2. The number of carbonyl (C=O) groups excluding carboxylic acids is 2. The van der Waals surface area contributed by atoms with E-state index in [4.69, 9.17) is 9.47 Å². The number of alkyl halides is 2. The van der Waals surface area contributed by atoms with Crippen LogP contribution in [0.15, 0.2) is 11.1 Å². The molecule has 2 aliphatic rings. The summed E-state index contributed by atoms with van der Waals surface area (Å²) in [7, 11) is 2.65. The first kappa shape index (κ1) is 13.1. The van der Waals surface area contributed by atoms with Crippen molar-refractivity contribution in [3.63, 3.8) is 0 Å². The topological polar surface area (TPSA) is 52.6 Å². The average molecular weight is 368 g/mol. The van der Waals surface area contributed by atoms with Crippen molar-refractivity contribution in [2.24, 2.45) is 11.8 Å². The fourth-order valence-electron chi connectivity index (χ4n) is 2.67. The van der Waals surface area contributed by atoms with Gasteiger partial charge in [-0.05, 0) is 6.42 Å². The van der Waals surface area contributed by atoms with Gasteiger partial charge in [-0.3, -0.25) is 0 Å². The van der Waals surface area contributed by atoms with Crippen LogP contribution in [0.3, 0.4) is 0 Å². The van der Waals surface area contributed by atoms with Crippen LogP contribution in [-0.2, 0) is 19.1 Å². The highest BCUT2D eigenvalue weighted by molar-refractivity contribution is 9.12. The van der Waals surface area contributed by atoms with Gasteiger partial charge >= 0.3 is 11.9 Å². The van der Waals surface area contributed by atoms with Crippen LogP contribution in [0.1, 0.15) is 6.42 Å². The summed E-state index contributed by atoms with van der Waals surface area (Å²) >= 11 is 7.11. The predicted octanol–water partition coefficient (Wildman–Crippen LogP) is 1.81. The lowest BCUT2D eigenvalue weighted by molar-refractivity contribution is -0.139. The Balaban J connectivity index is 2.47. The van der Waals surface area contributed by atoms with Crippen molar-refractivity contribution in [2.75, 3.05) is 14.2 Å². The Morgan fingerprint density at radius 1 is 1.00 bits per heavy atom. The van der Waals surface area contributed by atoms with Gasteiger partial charge < -0.3 is 9.47 Å². The first-order valence-electron chi connectivity index (χ1n) is 5.21. The Morgan fingerprint density at radius 3 is 1.65 bits per heavy atom. The minimum absolute atomic E-state index is 0.0194. The Hall–Kier alpha value is -0.360. The smallest absolute Gasteiger partial charge is 0.334 e. The highest BCUT2D eigenvalue weighted by Gasteiger charge is 2.54. The number of rotatable bonds is 2.